The summed E-state index contributed by atoms with van der Waals surface area (Å²) in [4.78, 5) is 36.7. The zero-order chi connectivity index (χ0) is 26.9. The van der Waals surface area contributed by atoms with Gasteiger partial charge in [0.1, 0.15) is 17.4 Å². The summed E-state index contributed by atoms with van der Waals surface area (Å²) in [5.41, 5.74) is 3.81. The van der Waals surface area contributed by atoms with Gasteiger partial charge in [0.05, 0.1) is 12.7 Å². The number of hydrogen-bond donors (Lipinski definition) is 2. The molecule has 2 amide bonds. The summed E-state index contributed by atoms with van der Waals surface area (Å²) in [6.07, 6.45) is 1.37. The van der Waals surface area contributed by atoms with Crippen LogP contribution in [0, 0.1) is 25.2 Å². The van der Waals surface area contributed by atoms with E-state index >= 15 is 0 Å². The molecule has 0 aromatic heterocycles. The average molecular weight is 562 g/mol. The molecule has 0 aliphatic rings. The summed E-state index contributed by atoms with van der Waals surface area (Å²) in [5.74, 6) is -1.18. The number of anilines is 2. The molecule has 0 heterocycles. The quantitative estimate of drug-likeness (QED) is 0.215. The van der Waals surface area contributed by atoms with Crippen molar-refractivity contribution >= 4 is 51.2 Å². The van der Waals surface area contributed by atoms with Gasteiger partial charge in [-0.1, -0.05) is 22.0 Å². The monoisotopic (exact) mass is 561 g/mol. The van der Waals surface area contributed by atoms with Crippen LogP contribution < -0.4 is 15.4 Å². The normalized spacial score (nSPS) is 10.7. The van der Waals surface area contributed by atoms with Crippen LogP contribution in [-0.4, -0.2) is 31.5 Å². The van der Waals surface area contributed by atoms with Crippen molar-refractivity contribution in [3.05, 3.63) is 93.0 Å². The highest BCUT2D eigenvalue weighted by molar-refractivity contribution is 9.10. The van der Waals surface area contributed by atoms with Gasteiger partial charge in [0.2, 0.25) is 0 Å². The van der Waals surface area contributed by atoms with Crippen molar-refractivity contribution in [2.75, 3.05) is 24.4 Å². The Morgan fingerprint density at radius 2 is 1.65 bits per heavy atom. The molecule has 0 aliphatic heterocycles. The highest BCUT2D eigenvalue weighted by Gasteiger charge is 2.14. The number of hydrogen-bond acceptors (Lipinski definition) is 6. The van der Waals surface area contributed by atoms with E-state index in [0.29, 0.717) is 32.7 Å². The number of amides is 2. The molecule has 188 valence electrons. The van der Waals surface area contributed by atoms with Crippen molar-refractivity contribution in [2.45, 2.75) is 13.8 Å². The number of aryl methyl sites for hydroxylation is 2. The Labute approximate surface area is 223 Å². The topological polar surface area (TPSA) is 118 Å². The largest absolute Gasteiger partial charge is 0.483 e. The number of nitrogens with one attached hydrogen (secondary N) is 2. The van der Waals surface area contributed by atoms with Gasteiger partial charge < -0.3 is 20.1 Å². The maximum atomic E-state index is 12.7. The van der Waals surface area contributed by atoms with Crippen LogP contribution in [0.15, 0.2) is 70.7 Å². The van der Waals surface area contributed by atoms with Gasteiger partial charge in [0, 0.05) is 21.4 Å². The third kappa shape index (κ3) is 7.53. The van der Waals surface area contributed by atoms with E-state index in [0.717, 1.165) is 11.1 Å². The first-order valence-electron chi connectivity index (χ1n) is 11.1. The standard InChI is InChI=1S/C28H24BrN3O5/c1-17-4-8-24(12-18(17)2)31-26(33)16-37-25-11-7-22(29)14-20(25)13-21(15-30)27(34)32-23-9-5-19(6-10-23)28(35)36-3/h4-14H,16H2,1-3H3,(H,31,33)(H,32,34)/b21-13-. The summed E-state index contributed by atoms with van der Waals surface area (Å²) in [7, 11) is 1.28. The zero-order valence-corrected chi connectivity index (χ0v) is 22.0. The minimum atomic E-state index is -0.647. The number of rotatable bonds is 8. The fourth-order valence-corrected chi connectivity index (χ4v) is 3.61. The average Bonchev–Trinajstić information content (AvgIpc) is 2.88. The second-order valence-electron chi connectivity index (χ2n) is 8.01. The molecule has 0 saturated heterocycles. The summed E-state index contributed by atoms with van der Waals surface area (Å²) in [5, 5.41) is 15.0. The van der Waals surface area contributed by atoms with Gasteiger partial charge in [0.25, 0.3) is 11.8 Å². The Morgan fingerprint density at radius 1 is 0.946 bits per heavy atom. The third-order valence-corrected chi connectivity index (χ3v) is 5.84. The Balaban J connectivity index is 1.72. The molecule has 0 spiro atoms. The van der Waals surface area contributed by atoms with E-state index in [9.17, 15) is 19.6 Å². The Kier molecular flexibility index (Phi) is 9.19. The van der Waals surface area contributed by atoms with Crippen molar-refractivity contribution in [1.29, 1.82) is 5.26 Å². The molecular formula is C28H24BrN3O5. The summed E-state index contributed by atoms with van der Waals surface area (Å²) in [6.45, 7) is 3.68. The van der Waals surface area contributed by atoms with E-state index in [2.05, 4.69) is 31.3 Å². The molecule has 2 N–H and O–H groups in total. The number of nitriles is 1. The minimum Gasteiger partial charge on any atom is -0.483 e. The molecule has 3 rings (SSSR count). The van der Waals surface area contributed by atoms with Crippen molar-refractivity contribution in [3.63, 3.8) is 0 Å². The van der Waals surface area contributed by atoms with Crippen LogP contribution in [-0.2, 0) is 14.3 Å². The fraction of sp³-hybridized carbons (Fsp3) is 0.143. The van der Waals surface area contributed by atoms with E-state index in [1.807, 2.05) is 38.1 Å². The maximum absolute atomic E-state index is 12.7. The van der Waals surface area contributed by atoms with Crippen LogP contribution in [0.1, 0.15) is 27.0 Å². The van der Waals surface area contributed by atoms with Crippen molar-refractivity contribution in [2.24, 2.45) is 0 Å². The molecule has 9 heteroatoms. The number of ether oxygens (including phenoxy) is 2. The van der Waals surface area contributed by atoms with Crippen LogP contribution in [0.4, 0.5) is 11.4 Å². The van der Waals surface area contributed by atoms with Gasteiger partial charge in [-0.05, 0) is 85.6 Å². The van der Waals surface area contributed by atoms with Gasteiger partial charge in [0.15, 0.2) is 6.61 Å². The molecule has 0 bridgehead atoms. The predicted octanol–water partition coefficient (Wildman–Crippen LogP) is 5.42. The molecule has 3 aromatic rings. The van der Waals surface area contributed by atoms with Crippen molar-refractivity contribution in [3.8, 4) is 11.8 Å². The Bertz CT molecular complexity index is 1410. The van der Waals surface area contributed by atoms with E-state index < -0.39 is 11.9 Å². The lowest BCUT2D eigenvalue weighted by Crippen LogP contribution is -2.20. The second-order valence-corrected chi connectivity index (χ2v) is 8.93. The van der Waals surface area contributed by atoms with E-state index in [4.69, 9.17) is 4.74 Å². The van der Waals surface area contributed by atoms with Gasteiger partial charge in [-0.2, -0.15) is 5.26 Å². The smallest absolute Gasteiger partial charge is 0.337 e. The number of methoxy groups -OCH3 is 1. The molecule has 0 radical (unpaired) electrons. The lowest BCUT2D eigenvalue weighted by atomic mass is 10.1. The highest BCUT2D eigenvalue weighted by Crippen LogP contribution is 2.26. The lowest BCUT2D eigenvalue weighted by molar-refractivity contribution is -0.118. The first kappa shape index (κ1) is 27.2. The number of carbonyl (C=O) groups excluding carboxylic acids is 3. The number of halogens is 1. The Morgan fingerprint density at radius 3 is 2.30 bits per heavy atom. The van der Waals surface area contributed by atoms with Crippen molar-refractivity contribution < 1.29 is 23.9 Å². The summed E-state index contributed by atoms with van der Waals surface area (Å²) in [6, 6.07) is 18.6. The van der Waals surface area contributed by atoms with Crippen LogP contribution in [0.2, 0.25) is 0 Å². The molecule has 0 saturated carbocycles. The van der Waals surface area contributed by atoms with Gasteiger partial charge in [-0.15, -0.1) is 0 Å². The van der Waals surface area contributed by atoms with Crippen LogP contribution in [0.3, 0.4) is 0 Å². The molecule has 8 nitrogen and oxygen atoms in total. The summed E-state index contributed by atoms with van der Waals surface area (Å²) < 4.78 is 11.1. The van der Waals surface area contributed by atoms with Crippen molar-refractivity contribution in [1.82, 2.24) is 0 Å². The van der Waals surface area contributed by atoms with Gasteiger partial charge in [-0.3, -0.25) is 9.59 Å². The fourth-order valence-electron chi connectivity index (χ4n) is 3.23. The number of benzene rings is 3. The molecule has 37 heavy (non-hydrogen) atoms. The van der Waals surface area contributed by atoms with E-state index in [-0.39, 0.29) is 18.1 Å². The van der Waals surface area contributed by atoms with E-state index in [1.165, 1.54) is 37.5 Å². The molecule has 0 unspecified atom stereocenters. The SMILES string of the molecule is COC(=O)c1ccc(NC(=O)/C(C#N)=C\c2cc(Br)ccc2OCC(=O)Nc2ccc(C)c(C)c2)cc1. The van der Waals surface area contributed by atoms with Gasteiger partial charge >= 0.3 is 5.97 Å². The van der Waals surface area contributed by atoms with Crippen LogP contribution in [0.5, 0.6) is 5.75 Å². The molecule has 3 aromatic carbocycles. The van der Waals surface area contributed by atoms with Gasteiger partial charge in [-0.25, -0.2) is 4.79 Å². The lowest BCUT2D eigenvalue weighted by Gasteiger charge is -2.12. The number of carbonyl (C=O) groups is 3. The molecule has 0 atom stereocenters. The van der Waals surface area contributed by atoms with E-state index in [1.54, 1.807) is 18.2 Å². The first-order valence-corrected chi connectivity index (χ1v) is 11.9. The second kappa shape index (κ2) is 12.5. The number of nitrogens with zero attached hydrogens (tertiary/aromatic N) is 1. The zero-order valence-electron chi connectivity index (χ0n) is 20.4. The van der Waals surface area contributed by atoms with Crippen LogP contribution in [0.25, 0.3) is 6.08 Å². The molecule has 0 fully saturated rings. The number of esters is 1. The summed E-state index contributed by atoms with van der Waals surface area (Å²) >= 11 is 3.37. The molecular weight excluding hydrogens is 538 g/mol. The maximum Gasteiger partial charge on any atom is 0.337 e. The predicted molar refractivity (Wildman–Crippen MR) is 144 cm³/mol. The molecule has 0 aliphatic carbocycles. The highest BCUT2D eigenvalue weighted by atomic mass is 79.9. The first-order chi connectivity index (χ1) is 17.7. The van der Waals surface area contributed by atoms with Crippen LogP contribution >= 0.6 is 15.9 Å². The Hall–Kier alpha value is -4.42. The third-order valence-electron chi connectivity index (χ3n) is 5.35. The minimum absolute atomic E-state index is 0.181.